The molecule has 4 aromatic heterocycles. The molecule has 1 fully saturated rings. The Morgan fingerprint density at radius 2 is 2.03 bits per heavy atom. The molecule has 1 aliphatic heterocycles. The summed E-state index contributed by atoms with van der Waals surface area (Å²) in [6.45, 7) is 8.36. The van der Waals surface area contributed by atoms with Crippen molar-refractivity contribution in [1.29, 1.82) is 0 Å². The van der Waals surface area contributed by atoms with E-state index in [0.717, 1.165) is 53.7 Å². The topological polar surface area (TPSA) is 96.3 Å². The van der Waals surface area contributed by atoms with Gasteiger partial charge in [-0.1, -0.05) is 25.2 Å². The summed E-state index contributed by atoms with van der Waals surface area (Å²) in [6.07, 6.45) is 5.44. The minimum Gasteiger partial charge on any atom is -0.493 e. The second-order valence-corrected chi connectivity index (χ2v) is 8.59. The van der Waals surface area contributed by atoms with Crippen LogP contribution in [0.25, 0.3) is 27.6 Å². The Bertz CT molecular complexity index is 1170. The zero-order valence-corrected chi connectivity index (χ0v) is 18.0. The lowest BCUT2D eigenvalue weighted by atomic mass is 9.97. The first-order valence-electron chi connectivity index (χ1n) is 10.0. The van der Waals surface area contributed by atoms with Crippen molar-refractivity contribution >= 4 is 22.0 Å². The monoisotopic (exact) mass is 424 g/mol. The van der Waals surface area contributed by atoms with Gasteiger partial charge in [0.15, 0.2) is 11.4 Å². The van der Waals surface area contributed by atoms with E-state index in [2.05, 4.69) is 44.3 Å². The van der Waals surface area contributed by atoms with Crippen LogP contribution in [0.2, 0.25) is 0 Å². The molecule has 0 bridgehead atoms. The number of fused-ring (bicyclic) bond motifs is 1. The molecular weight excluding hydrogens is 400 g/mol. The highest BCUT2D eigenvalue weighted by molar-refractivity contribution is 7.18. The first kappa shape index (κ1) is 19.0. The largest absolute Gasteiger partial charge is 0.493 e. The molecule has 2 N–H and O–H groups in total. The van der Waals surface area contributed by atoms with E-state index >= 15 is 0 Å². The maximum Gasteiger partial charge on any atom is 0.197 e. The third kappa shape index (κ3) is 3.21. The minimum atomic E-state index is 0.262. The van der Waals surface area contributed by atoms with Crippen LogP contribution >= 0.6 is 11.3 Å². The molecule has 1 aliphatic rings. The molecule has 0 amide bonds. The van der Waals surface area contributed by atoms with Crippen LogP contribution < -0.4 is 15.0 Å². The van der Waals surface area contributed by atoms with Crippen molar-refractivity contribution in [3.63, 3.8) is 0 Å². The lowest BCUT2D eigenvalue weighted by molar-refractivity contribution is 0.416. The molecule has 156 valence electrons. The molecule has 0 atom stereocenters. The van der Waals surface area contributed by atoms with E-state index in [1.165, 1.54) is 11.3 Å². The second-order valence-electron chi connectivity index (χ2n) is 7.58. The smallest absolute Gasteiger partial charge is 0.197 e. The summed E-state index contributed by atoms with van der Waals surface area (Å²) in [6, 6.07) is 1.97. The Morgan fingerprint density at radius 3 is 2.80 bits per heavy atom. The average Bonchev–Trinajstić information content (AvgIpc) is 3.51. The summed E-state index contributed by atoms with van der Waals surface area (Å²) < 4.78 is 7.26. The van der Waals surface area contributed by atoms with Crippen LogP contribution in [0.5, 0.6) is 5.75 Å². The van der Waals surface area contributed by atoms with E-state index in [1.807, 2.05) is 18.5 Å². The van der Waals surface area contributed by atoms with Crippen LogP contribution in [-0.4, -0.2) is 63.1 Å². The molecule has 4 aromatic rings. The summed E-state index contributed by atoms with van der Waals surface area (Å²) in [5.41, 5.74) is 4.63. The minimum absolute atomic E-state index is 0.262. The number of nitrogens with zero attached hydrogens (tertiary/aromatic N) is 6. The summed E-state index contributed by atoms with van der Waals surface area (Å²) in [5.74, 6) is 0.934. The normalized spacial score (nSPS) is 14.7. The number of anilines is 1. The van der Waals surface area contributed by atoms with E-state index in [9.17, 15) is 0 Å². The number of pyridine rings is 1. The van der Waals surface area contributed by atoms with Crippen molar-refractivity contribution in [1.82, 2.24) is 35.1 Å². The van der Waals surface area contributed by atoms with Crippen molar-refractivity contribution in [3.8, 4) is 27.7 Å². The number of ether oxygens (including phenoxy) is 1. The summed E-state index contributed by atoms with van der Waals surface area (Å²) in [4.78, 5) is 11.4. The quantitative estimate of drug-likeness (QED) is 0.508. The van der Waals surface area contributed by atoms with Crippen molar-refractivity contribution in [3.05, 3.63) is 30.4 Å². The molecule has 10 heteroatoms. The van der Waals surface area contributed by atoms with E-state index in [0.29, 0.717) is 11.4 Å². The number of aromatic amines is 1. The Balaban J connectivity index is 1.57. The van der Waals surface area contributed by atoms with Crippen molar-refractivity contribution < 1.29 is 4.74 Å². The van der Waals surface area contributed by atoms with Crippen molar-refractivity contribution in [2.24, 2.45) is 0 Å². The molecule has 0 spiro atoms. The molecule has 1 saturated heterocycles. The number of aromatic nitrogens is 6. The number of piperazine rings is 1. The van der Waals surface area contributed by atoms with Gasteiger partial charge in [0.05, 0.1) is 19.0 Å². The van der Waals surface area contributed by atoms with Gasteiger partial charge in [0.1, 0.15) is 22.0 Å². The Hall–Kier alpha value is -2.98. The molecule has 0 saturated carbocycles. The van der Waals surface area contributed by atoms with E-state index in [1.54, 1.807) is 23.0 Å². The first-order valence-corrected chi connectivity index (χ1v) is 10.8. The second kappa shape index (κ2) is 7.69. The van der Waals surface area contributed by atoms with Crippen LogP contribution in [0.1, 0.15) is 25.3 Å². The molecular formula is C20H24N8OS. The molecule has 0 aromatic carbocycles. The molecule has 0 aliphatic carbocycles. The third-order valence-electron chi connectivity index (χ3n) is 5.36. The van der Waals surface area contributed by atoms with Gasteiger partial charge in [0, 0.05) is 43.5 Å². The highest BCUT2D eigenvalue weighted by atomic mass is 32.1. The van der Waals surface area contributed by atoms with E-state index in [-0.39, 0.29) is 5.92 Å². The number of rotatable bonds is 5. The van der Waals surface area contributed by atoms with Crippen LogP contribution in [-0.2, 0) is 0 Å². The van der Waals surface area contributed by atoms with Gasteiger partial charge in [-0.15, -0.1) is 0 Å². The fraction of sp³-hybridized carbons (Fsp3) is 0.400. The van der Waals surface area contributed by atoms with Crippen LogP contribution in [0.3, 0.4) is 0 Å². The van der Waals surface area contributed by atoms with Gasteiger partial charge in [0.2, 0.25) is 0 Å². The summed E-state index contributed by atoms with van der Waals surface area (Å²) in [5, 5.41) is 17.7. The van der Waals surface area contributed by atoms with Crippen molar-refractivity contribution in [2.45, 2.75) is 19.8 Å². The number of nitrogens with one attached hydrogen (secondary N) is 2. The number of H-pyrrole nitrogens is 1. The lowest BCUT2D eigenvalue weighted by Gasteiger charge is -2.27. The van der Waals surface area contributed by atoms with Gasteiger partial charge >= 0.3 is 0 Å². The molecule has 5 heterocycles. The zero-order chi connectivity index (χ0) is 20.7. The van der Waals surface area contributed by atoms with Crippen LogP contribution in [0, 0.1) is 0 Å². The maximum atomic E-state index is 5.53. The first-order chi connectivity index (χ1) is 14.7. The van der Waals surface area contributed by atoms with E-state index in [4.69, 9.17) is 9.72 Å². The van der Waals surface area contributed by atoms with Gasteiger partial charge in [-0.3, -0.25) is 5.10 Å². The van der Waals surface area contributed by atoms with Gasteiger partial charge in [-0.05, 0) is 12.0 Å². The van der Waals surface area contributed by atoms with Gasteiger partial charge < -0.3 is 15.0 Å². The number of hydrogen-bond donors (Lipinski definition) is 2. The Kier molecular flexibility index (Phi) is 4.87. The van der Waals surface area contributed by atoms with Gasteiger partial charge in [0.25, 0.3) is 0 Å². The number of thiazole rings is 1. The van der Waals surface area contributed by atoms with Crippen LogP contribution in [0.4, 0.5) is 5.00 Å². The maximum absolute atomic E-state index is 5.53. The summed E-state index contributed by atoms with van der Waals surface area (Å²) in [7, 11) is 1.64. The van der Waals surface area contributed by atoms with Gasteiger partial charge in [-0.2, -0.15) is 10.2 Å². The molecule has 0 radical (unpaired) electrons. The van der Waals surface area contributed by atoms with Crippen LogP contribution in [0.15, 0.2) is 24.8 Å². The molecule has 30 heavy (non-hydrogen) atoms. The number of methoxy groups -OCH3 is 1. The van der Waals surface area contributed by atoms with Gasteiger partial charge in [-0.25, -0.2) is 14.5 Å². The predicted octanol–water partition coefficient (Wildman–Crippen LogP) is 2.78. The lowest BCUT2D eigenvalue weighted by Crippen LogP contribution is -2.43. The molecule has 0 unspecified atom stereocenters. The average molecular weight is 425 g/mol. The Labute approximate surface area is 178 Å². The summed E-state index contributed by atoms with van der Waals surface area (Å²) >= 11 is 1.70. The zero-order valence-electron chi connectivity index (χ0n) is 17.2. The highest BCUT2D eigenvalue weighted by Gasteiger charge is 2.23. The van der Waals surface area contributed by atoms with Crippen molar-refractivity contribution in [2.75, 3.05) is 38.2 Å². The third-order valence-corrected chi connectivity index (χ3v) is 6.42. The SMILES string of the molecule is COc1cc(-c2[nH]nc(-c3ncc(N4CCNCC4)s3)c2C(C)C)cn2ncnc12. The Morgan fingerprint density at radius 1 is 1.20 bits per heavy atom. The molecule has 5 rings (SSSR count). The molecule has 9 nitrogen and oxygen atoms in total. The highest BCUT2D eigenvalue weighted by Crippen LogP contribution is 2.39. The standard InChI is InChI=1S/C20H24N8OS/c1-12(2)16-17(13-8-14(29-3)19-23-11-24-28(19)10-13)25-26-18(16)20-22-9-15(30-20)27-6-4-21-5-7-27/h8-12,21H,4-7H2,1-3H3,(H,25,26). The number of hydrogen-bond acceptors (Lipinski definition) is 8. The fourth-order valence-electron chi connectivity index (χ4n) is 3.89. The predicted molar refractivity (Wildman–Crippen MR) is 117 cm³/mol. The fourth-order valence-corrected chi connectivity index (χ4v) is 4.86. The van der Waals surface area contributed by atoms with E-state index < -0.39 is 0 Å².